The van der Waals surface area contributed by atoms with Crippen molar-refractivity contribution in [1.29, 1.82) is 0 Å². The Morgan fingerprint density at radius 3 is 2.31 bits per heavy atom. The molecule has 0 saturated carbocycles. The average Bonchev–Trinajstić information content (AvgIpc) is 2.55. The van der Waals surface area contributed by atoms with Gasteiger partial charge in [0.05, 0.1) is 11.3 Å². The molecule has 0 fully saturated rings. The van der Waals surface area contributed by atoms with E-state index in [9.17, 15) is 14.4 Å². The molecule has 0 atom stereocenters. The van der Waals surface area contributed by atoms with Crippen LogP contribution in [-0.4, -0.2) is 24.4 Å². The molecular weight excluding hydrogens is 468 g/mol. The first-order valence-electron chi connectivity index (χ1n) is 7.56. The largest absolute Gasteiger partial charge is 0.452 e. The maximum atomic E-state index is 12.1. The molecule has 2 amide bonds. The molecule has 0 aliphatic carbocycles. The minimum atomic E-state index is -0.658. The van der Waals surface area contributed by atoms with E-state index in [1.165, 1.54) is 13.0 Å². The summed E-state index contributed by atoms with van der Waals surface area (Å²) >= 11 is 6.77. The Morgan fingerprint density at radius 2 is 1.69 bits per heavy atom. The van der Waals surface area contributed by atoms with Crippen LogP contribution < -0.4 is 10.6 Å². The molecule has 0 heterocycles. The van der Waals surface area contributed by atoms with E-state index in [2.05, 4.69) is 42.5 Å². The lowest BCUT2D eigenvalue weighted by Crippen LogP contribution is -2.21. The number of nitrogens with one attached hydrogen (secondary N) is 2. The average molecular weight is 484 g/mol. The van der Waals surface area contributed by atoms with Gasteiger partial charge in [-0.3, -0.25) is 9.59 Å². The first-order valence-corrected chi connectivity index (χ1v) is 9.15. The molecule has 0 unspecified atom stereocenters. The lowest BCUT2D eigenvalue weighted by atomic mass is 10.2. The van der Waals surface area contributed by atoms with E-state index in [4.69, 9.17) is 4.74 Å². The molecule has 2 aromatic rings. The van der Waals surface area contributed by atoms with Crippen LogP contribution in [0, 0.1) is 6.92 Å². The Kier molecular flexibility index (Phi) is 6.93. The number of aryl methyl sites for hydroxylation is 1. The Bertz CT molecular complexity index is 845. The van der Waals surface area contributed by atoms with Gasteiger partial charge in [0.2, 0.25) is 5.91 Å². The summed E-state index contributed by atoms with van der Waals surface area (Å²) in [5.41, 5.74) is 2.29. The molecule has 8 heteroatoms. The Balaban J connectivity index is 1.97. The predicted octanol–water partition coefficient (Wildman–Crippen LogP) is 4.27. The van der Waals surface area contributed by atoms with Crippen molar-refractivity contribution in [2.45, 2.75) is 13.8 Å². The molecule has 0 bridgehead atoms. The van der Waals surface area contributed by atoms with Crippen molar-refractivity contribution in [2.24, 2.45) is 0 Å². The number of rotatable bonds is 5. The van der Waals surface area contributed by atoms with E-state index in [1.54, 1.807) is 18.2 Å². The van der Waals surface area contributed by atoms with Gasteiger partial charge >= 0.3 is 5.97 Å². The van der Waals surface area contributed by atoms with Crippen LogP contribution in [-0.2, 0) is 14.3 Å². The second kappa shape index (κ2) is 8.95. The number of hydrogen-bond donors (Lipinski definition) is 2. The fraction of sp³-hybridized carbons (Fsp3) is 0.167. The molecule has 0 radical (unpaired) electrons. The second-order valence-electron chi connectivity index (χ2n) is 5.49. The van der Waals surface area contributed by atoms with Crippen molar-refractivity contribution in [3.63, 3.8) is 0 Å². The van der Waals surface area contributed by atoms with Crippen molar-refractivity contribution >= 4 is 61.0 Å². The molecule has 0 aliphatic rings. The second-order valence-corrected chi connectivity index (χ2v) is 7.20. The molecule has 136 valence electrons. The number of benzene rings is 2. The number of carbonyl (C=O) groups is 3. The summed E-state index contributed by atoms with van der Waals surface area (Å²) in [7, 11) is 0. The topological polar surface area (TPSA) is 84.5 Å². The number of esters is 1. The van der Waals surface area contributed by atoms with Crippen molar-refractivity contribution < 1.29 is 19.1 Å². The molecule has 0 spiro atoms. The maximum absolute atomic E-state index is 12.1. The van der Waals surface area contributed by atoms with Crippen LogP contribution in [0.4, 0.5) is 11.4 Å². The molecule has 2 aromatic carbocycles. The van der Waals surface area contributed by atoms with Gasteiger partial charge in [0.15, 0.2) is 6.61 Å². The van der Waals surface area contributed by atoms with Gasteiger partial charge in [-0.15, -0.1) is 0 Å². The third-order valence-electron chi connectivity index (χ3n) is 3.20. The van der Waals surface area contributed by atoms with E-state index in [0.717, 1.165) is 5.56 Å². The van der Waals surface area contributed by atoms with Gasteiger partial charge in [0, 0.05) is 21.6 Å². The molecular formula is C18H16Br2N2O4. The Hall–Kier alpha value is -2.19. The molecule has 0 aliphatic heterocycles. The van der Waals surface area contributed by atoms with Gasteiger partial charge in [0.25, 0.3) is 5.91 Å². The van der Waals surface area contributed by atoms with Crippen LogP contribution in [0.2, 0.25) is 0 Å². The van der Waals surface area contributed by atoms with E-state index >= 15 is 0 Å². The maximum Gasteiger partial charge on any atom is 0.338 e. The van der Waals surface area contributed by atoms with Crippen LogP contribution >= 0.6 is 31.9 Å². The third-order valence-corrected chi connectivity index (χ3v) is 4.45. The van der Waals surface area contributed by atoms with Crippen LogP contribution in [0.3, 0.4) is 0 Å². The summed E-state index contributed by atoms with van der Waals surface area (Å²) in [4.78, 5) is 35.2. The quantitative estimate of drug-likeness (QED) is 0.622. The monoisotopic (exact) mass is 482 g/mol. The third kappa shape index (κ3) is 5.67. The summed E-state index contributed by atoms with van der Waals surface area (Å²) in [6.45, 7) is 2.87. The normalized spacial score (nSPS) is 10.2. The van der Waals surface area contributed by atoms with Crippen LogP contribution in [0.1, 0.15) is 22.8 Å². The van der Waals surface area contributed by atoms with Gasteiger partial charge in [-0.05, 0) is 74.7 Å². The zero-order valence-electron chi connectivity index (χ0n) is 14.1. The highest BCUT2D eigenvalue weighted by Gasteiger charge is 2.14. The van der Waals surface area contributed by atoms with Crippen molar-refractivity contribution in [3.05, 3.63) is 56.5 Å². The van der Waals surface area contributed by atoms with E-state index in [0.29, 0.717) is 20.3 Å². The van der Waals surface area contributed by atoms with E-state index < -0.39 is 18.5 Å². The highest BCUT2D eigenvalue weighted by molar-refractivity contribution is 9.11. The van der Waals surface area contributed by atoms with Crippen molar-refractivity contribution in [2.75, 3.05) is 17.2 Å². The molecule has 2 rings (SSSR count). The number of anilines is 2. The first-order chi connectivity index (χ1) is 12.3. The summed E-state index contributed by atoms with van der Waals surface area (Å²) in [6, 6.07) is 10.0. The number of carbonyl (C=O) groups excluding carboxylic acids is 3. The lowest BCUT2D eigenvalue weighted by molar-refractivity contribution is -0.119. The van der Waals surface area contributed by atoms with Crippen LogP contribution in [0.15, 0.2) is 45.3 Å². The SMILES string of the molecule is CC(=O)Nc1cccc(C(=O)OCC(=O)Nc2c(Br)cc(C)cc2Br)c1. The summed E-state index contributed by atoms with van der Waals surface area (Å²) in [6.07, 6.45) is 0. The smallest absolute Gasteiger partial charge is 0.338 e. The standard InChI is InChI=1S/C18H16Br2N2O4/c1-10-6-14(19)17(15(20)7-10)22-16(24)9-26-18(25)12-4-3-5-13(8-12)21-11(2)23/h3-8H,9H2,1-2H3,(H,21,23)(H,22,24). The van der Waals surface area contributed by atoms with Crippen LogP contribution in [0.25, 0.3) is 0 Å². The van der Waals surface area contributed by atoms with Gasteiger partial charge in [0.1, 0.15) is 0 Å². The molecule has 0 aromatic heterocycles. The fourth-order valence-corrected chi connectivity index (χ4v) is 3.75. The highest BCUT2D eigenvalue weighted by Crippen LogP contribution is 2.32. The van der Waals surface area contributed by atoms with E-state index in [-0.39, 0.29) is 11.5 Å². The minimum Gasteiger partial charge on any atom is -0.452 e. The number of hydrogen-bond acceptors (Lipinski definition) is 4. The lowest BCUT2D eigenvalue weighted by Gasteiger charge is -2.11. The molecule has 2 N–H and O–H groups in total. The Labute approximate surface area is 167 Å². The zero-order valence-corrected chi connectivity index (χ0v) is 17.2. The molecule has 0 saturated heterocycles. The van der Waals surface area contributed by atoms with Gasteiger partial charge in [-0.1, -0.05) is 6.07 Å². The number of amides is 2. The highest BCUT2D eigenvalue weighted by atomic mass is 79.9. The molecule has 26 heavy (non-hydrogen) atoms. The number of halogens is 2. The first kappa shape index (κ1) is 20.1. The predicted molar refractivity (Wildman–Crippen MR) is 106 cm³/mol. The zero-order chi connectivity index (χ0) is 19.3. The van der Waals surface area contributed by atoms with Crippen LogP contribution in [0.5, 0.6) is 0 Å². The summed E-state index contributed by atoms with van der Waals surface area (Å²) in [5.74, 6) is -1.37. The number of ether oxygens (including phenoxy) is 1. The Morgan fingerprint density at radius 1 is 1.04 bits per heavy atom. The summed E-state index contributed by atoms with van der Waals surface area (Å²) in [5, 5.41) is 5.26. The van der Waals surface area contributed by atoms with Gasteiger partial charge in [-0.25, -0.2) is 4.79 Å². The van der Waals surface area contributed by atoms with Crippen molar-refractivity contribution in [1.82, 2.24) is 0 Å². The molecule has 6 nitrogen and oxygen atoms in total. The summed E-state index contributed by atoms with van der Waals surface area (Å²) < 4.78 is 6.46. The van der Waals surface area contributed by atoms with Gasteiger partial charge < -0.3 is 15.4 Å². The van der Waals surface area contributed by atoms with Gasteiger partial charge in [-0.2, -0.15) is 0 Å². The van der Waals surface area contributed by atoms with E-state index in [1.807, 2.05) is 19.1 Å². The van der Waals surface area contributed by atoms with Crippen molar-refractivity contribution in [3.8, 4) is 0 Å². The minimum absolute atomic E-state index is 0.238. The fourth-order valence-electron chi connectivity index (χ4n) is 2.14.